The molecular formula is C14H19N5OS. The number of nitrogens with zero attached hydrogens (tertiary/aromatic N) is 5. The Hall–Kier alpha value is -1.76. The van der Waals surface area contributed by atoms with Crippen LogP contribution in [0.2, 0.25) is 0 Å². The molecule has 1 aliphatic rings. The third-order valence-electron chi connectivity index (χ3n) is 3.61. The second kappa shape index (κ2) is 5.93. The minimum absolute atomic E-state index is 0.00157. The molecule has 1 amide bonds. The number of amides is 1. The Labute approximate surface area is 127 Å². The maximum atomic E-state index is 12.8. The van der Waals surface area contributed by atoms with E-state index in [9.17, 15) is 4.79 Å². The van der Waals surface area contributed by atoms with Gasteiger partial charge in [0.2, 0.25) is 5.95 Å². The van der Waals surface area contributed by atoms with Crippen molar-refractivity contribution in [2.45, 2.75) is 46.1 Å². The average molecular weight is 305 g/mol. The maximum Gasteiger partial charge on any atom is 0.272 e. The molecule has 0 atom stereocenters. The molecule has 2 aromatic rings. The monoisotopic (exact) mass is 305 g/mol. The quantitative estimate of drug-likeness (QED) is 0.870. The average Bonchev–Trinajstić information content (AvgIpc) is 3.10. The van der Waals surface area contributed by atoms with Gasteiger partial charge in [0.05, 0.1) is 10.7 Å². The van der Waals surface area contributed by atoms with Crippen molar-refractivity contribution in [1.82, 2.24) is 19.7 Å². The lowest BCUT2D eigenvalue weighted by Crippen LogP contribution is -2.38. The number of rotatable bonds is 4. The molecule has 0 unspecified atom stereocenters. The van der Waals surface area contributed by atoms with Crippen LogP contribution in [0.15, 0.2) is 6.33 Å². The molecule has 21 heavy (non-hydrogen) atoms. The first-order valence-corrected chi connectivity index (χ1v) is 8.18. The molecule has 0 aromatic carbocycles. The van der Waals surface area contributed by atoms with Crippen molar-refractivity contribution in [3.8, 4) is 0 Å². The van der Waals surface area contributed by atoms with Crippen molar-refractivity contribution in [2.24, 2.45) is 0 Å². The first-order chi connectivity index (χ1) is 10.2. The minimum Gasteiger partial charge on any atom is -0.276 e. The van der Waals surface area contributed by atoms with Gasteiger partial charge in [0.25, 0.3) is 5.91 Å². The van der Waals surface area contributed by atoms with E-state index >= 15 is 0 Å². The molecule has 0 saturated carbocycles. The van der Waals surface area contributed by atoms with Crippen molar-refractivity contribution in [3.63, 3.8) is 0 Å². The molecular weight excluding hydrogens is 286 g/mol. The van der Waals surface area contributed by atoms with Crippen LogP contribution in [-0.4, -0.2) is 32.2 Å². The smallest absolute Gasteiger partial charge is 0.272 e. The number of thiazole rings is 1. The maximum absolute atomic E-state index is 12.8. The molecule has 0 radical (unpaired) electrons. The van der Waals surface area contributed by atoms with Gasteiger partial charge in [-0.1, -0.05) is 13.3 Å². The SMILES string of the molecule is CCCCc1nc(C)c(C(=O)N2CCCn3ncnc32)s1. The van der Waals surface area contributed by atoms with Crippen LogP contribution in [0.4, 0.5) is 5.95 Å². The first-order valence-electron chi connectivity index (χ1n) is 7.36. The number of unbranched alkanes of at least 4 members (excludes halogenated alkanes) is 1. The fourth-order valence-corrected chi connectivity index (χ4v) is 3.56. The molecule has 0 saturated heterocycles. The van der Waals surface area contributed by atoms with Crippen LogP contribution in [0, 0.1) is 6.92 Å². The van der Waals surface area contributed by atoms with Gasteiger partial charge in [0.15, 0.2) is 0 Å². The van der Waals surface area contributed by atoms with Crippen LogP contribution < -0.4 is 4.90 Å². The van der Waals surface area contributed by atoms with E-state index in [2.05, 4.69) is 22.0 Å². The number of aryl methyl sites for hydroxylation is 3. The van der Waals surface area contributed by atoms with Crippen LogP contribution in [-0.2, 0) is 13.0 Å². The molecule has 112 valence electrons. The van der Waals surface area contributed by atoms with Gasteiger partial charge in [-0.05, 0) is 26.2 Å². The summed E-state index contributed by atoms with van der Waals surface area (Å²) in [6.45, 7) is 5.59. The van der Waals surface area contributed by atoms with Crippen LogP contribution in [0.5, 0.6) is 0 Å². The molecule has 7 heteroatoms. The highest BCUT2D eigenvalue weighted by molar-refractivity contribution is 7.13. The number of anilines is 1. The molecule has 3 heterocycles. The Kier molecular flexibility index (Phi) is 4.01. The fourth-order valence-electron chi connectivity index (χ4n) is 2.50. The lowest BCUT2D eigenvalue weighted by molar-refractivity contribution is 0.0983. The van der Waals surface area contributed by atoms with Gasteiger partial charge in [-0.15, -0.1) is 11.3 Å². The molecule has 0 bridgehead atoms. The molecule has 0 aliphatic carbocycles. The van der Waals surface area contributed by atoms with Crippen molar-refractivity contribution >= 4 is 23.2 Å². The number of carbonyl (C=O) groups excluding carboxylic acids is 1. The Bertz CT molecular complexity index is 648. The van der Waals surface area contributed by atoms with Crippen molar-refractivity contribution in [2.75, 3.05) is 11.4 Å². The molecule has 1 aliphatic heterocycles. The Morgan fingerprint density at radius 1 is 1.43 bits per heavy atom. The molecule has 6 nitrogen and oxygen atoms in total. The zero-order valence-electron chi connectivity index (χ0n) is 12.4. The number of hydrogen-bond donors (Lipinski definition) is 0. The van der Waals surface area contributed by atoms with Crippen molar-refractivity contribution in [1.29, 1.82) is 0 Å². The summed E-state index contributed by atoms with van der Waals surface area (Å²) < 4.78 is 1.79. The lowest BCUT2D eigenvalue weighted by atomic mass is 10.2. The van der Waals surface area contributed by atoms with Gasteiger partial charge in [-0.25, -0.2) is 9.67 Å². The third-order valence-corrected chi connectivity index (χ3v) is 4.82. The van der Waals surface area contributed by atoms with E-state index < -0.39 is 0 Å². The number of fused-ring (bicyclic) bond motifs is 1. The minimum atomic E-state index is 0.00157. The summed E-state index contributed by atoms with van der Waals surface area (Å²) in [5, 5.41) is 5.20. The van der Waals surface area contributed by atoms with Crippen molar-refractivity contribution in [3.05, 3.63) is 21.9 Å². The predicted molar refractivity (Wildman–Crippen MR) is 81.8 cm³/mol. The third kappa shape index (κ3) is 2.70. The van der Waals surface area contributed by atoms with Gasteiger partial charge in [-0.2, -0.15) is 10.1 Å². The van der Waals surface area contributed by atoms with Crippen molar-refractivity contribution < 1.29 is 4.79 Å². The second-order valence-electron chi connectivity index (χ2n) is 5.22. The van der Waals surface area contributed by atoms with E-state index in [1.165, 1.54) is 17.7 Å². The summed E-state index contributed by atoms with van der Waals surface area (Å²) in [7, 11) is 0. The summed E-state index contributed by atoms with van der Waals surface area (Å²) in [5.41, 5.74) is 0.827. The highest BCUT2D eigenvalue weighted by Gasteiger charge is 2.28. The lowest BCUT2D eigenvalue weighted by Gasteiger charge is -2.25. The van der Waals surface area contributed by atoms with Crippen LogP contribution >= 0.6 is 11.3 Å². The summed E-state index contributed by atoms with van der Waals surface area (Å²) in [6, 6.07) is 0. The van der Waals surface area contributed by atoms with E-state index in [1.54, 1.807) is 9.58 Å². The van der Waals surface area contributed by atoms with Crippen LogP contribution in [0.3, 0.4) is 0 Å². The van der Waals surface area contributed by atoms with Gasteiger partial charge in [0.1, 0.15) is 11.2 Å². The Morgan fingerprint density at radius 2 is 2.29 bits per heavy atom. The summed E-state index contributed by atoms with van der Waals surface area (Å²) in [5.74, 6) is 0.649. The predicted octanol–water partition coefficient (Wildman–Crippen LogP) is 2.44. The highest BCUT2D eigenvalue weighted by atomic mass is 32.1. The largest absolute Gasteiger partial charge is 0.276 e. The van der Waals surface area contributed by atoms with Crippen LogP contribution in [0.25, 0.3) is 0 Å². The number of aromatic nitrogens is 4. The van der Waals surface area contributed by atoms with Gasteiger partial charge >= 0.3 is 0 Å². The van der Waals surface area contributed by atoms with E-state index in [1.807, 2.05) is 6.92 Å². The normalized spacial score (nSPS) is 14.3. The van der Waals surface area contributed by atoms with E-state index in [0.717, 1.165) is 47.8 Å². The number of carbonyl (C=O) groups is 1. The fraction of sp³-hybridized carbons (Fsp3) is 0.571. The Morgan fingerprint density at radius 3 is 3.10 bits per heavy atom. The van der Waals surface area contributed by atoms with Gasteiger partial charge in [0, 0.05) is 13.1 Å². The topological polar surface area (TPSA) is 63.9 Å². The van der Waals surface area contributed by atoms with Gasteiger partial charge in [-0.3, -0.25) is 9.69 Å². The van der Waals surface area contributed by atoms with Crippen LogP contribution in [0.1, 0.15) is 46.6 Å². The standard InChI is InChI=1S/C14H19N5OS/c1-3-4-6-11-17-10(2)12(21-11)13(20)18-7-5-8-19-14(18)15-9-16-19/h9H,3-8H2,1-2H3. The van der Waals surface area contributed by atoms with E-state index in [0.29, 0.717) is 12.5 Å². The zero-order valence-corrected chi connectivity index (χ0v) is 13.2. The second-order valence-corrected chi connectivity index (χ2v) is 6.30. The van der Waals surface area contributed by atoms with Gasteiger partial charge < -0.3 is 0 Å². The highest BCUT2D eigenvalue weighted by Crippen LogP contribution is 2.25. The molecule has 2 aromatic heterocycles. The number of hydrogen-bond acceptors (Lipinski definition) is 5. The van der Waals surface area contributed by atoms with E-state index in [-0.39, 0.29) is 5.91 Å². The first kappa shape index (κ1) is 14.2. The summed E-state index contributed by atoms with van der Waals surface area (Å²) in [4.78, 5) is 24.0. The zero-order chi connectivity index (χ0) is 14.8. The van der Waals surface area contributed by atoms with E-state index in [4.69, 9.17) is 0 Å². The molecule has 0 spiro atoms. The molecule has 3 rings (SSSR count). The molecule has 0 fully saturated rings. The Balaban J connectivity index is 1.85. The molecule has 0 N–H and O–H groups in total. The summed E-state index contributed by atoms with van der Waals surface area (Å²) in [6.07, 6.45) is 5.61. The summed E-state index contributed by atoms with van der Waals surface area (Å²) >= 11 is 1.52.